The molecule has 1 atom stereocenters. The number of hydrogen-bond acceptors (Lipinski definition) is 3. The molecule has 0 aromatic heterocycles. The fraction of sp³-hybridized carbons (Fsp3) is 0.625. The maximum atomic E-state index is 11.2. The highest BCUT2D eigenvalue weighted by atomic mass is 16.2. The van der Waals surface area contributed by atoms with Gasteiger partial charge in [-0.15, -0.1) is 0 Å². The maximum Gasteiger partial charge on any atom is 0.242 e. The van der Waals surface area contributed by atoms with Crippen molar-refractivity contribution in [3.63, 3.8) is 0 Å². The zero-order valence-corrected chi connectivity index (χ0v) is 7.45. The summed E-state index contributed by atoms with van der Waals surface area (Å²) >= 11 is 0. The number of piperazine rings is 1. The highest BCUT2D eigenvalue weighted by Crippen LogP contribution is 2.00. The Morgan fingerprint density at radius 1 is 1.62 bits per heavy atom. The number of carbonyl (C=O) groups is 3. The number of aldehydes is 1. The molecular formula is C8H12N2O3. The van der Waals surface area contributed by atoms with Crippen LogP contribution in [0.2, 0.25) is 0 Å². The minimum atomic E-state index is -0.213. The first-order valence-electron chi connectivity index (χ1n) is 4.13. The van der Waals surface area contributed by atoms with Gasteiger partial charge >= 0.3 is 0 Å². The summed E-state index contributed by atoms with van der Waals surface area (Å²) in [5.41, 5.74) is 0. The van der Waals surface area contributed by atoms with E-state index in [1.165, 1.54) is 4.90 Å². The summed E-state index contributed by atoms with van der Waals surface area (Å²) in [6.07, 6.45) is 0.778. The second-order valence-corrected chi connectivity index (χ2v) is 3.16. The van der Waals surface area contributed by atoms with Crippen molar-refractivity contribution in [1.82, 2.24) is 10.2 Å². The van der Waals surface area contributed by atoms with Crippen LogP contribution < -0.4 is 5.32 Å². The molecule has 72 valence electrons. The van der Waals surface area contributed by atoms with Crippen LogP contribution >= 0.6 is 0 Å². The standard InChI is InChI=1S/C8H12N2O3/c1-6(5-11)3-10-4-7(12)9-2-8(10)13/h5-6H,2-4H2,1H3,(H,9,12). The Hall–Kier alpha value is -1.39. The highest BCUT2D eigenvalue weighted by molar-refractivity contribution is 5.92. The summed E-state index contributed by atoms with van der Waals surface area (Å²) in [7, 11) is 0. The lowest BCUT2D eigenvalue weighted by atomic mass is 10.2. The molecule has 1 fully saturated rings. The van der Waals surface area contributed by atoms with Crippen LogP contribution in [0.4, 0.5) is 0 Å². The average Bonchev–Trinajstić information content (AvgIpc) is 2.11. The minimum absolute atomic E-state index is 0.0460. The van der Waals surface area contributed by atoms with E-state index in [1.54, 1.807) is 6.92 Å². The number of carbonyl (C=O) groups excluding carboxylic acids is 3. The largest absolute Gasteiger partial charge is 0.345 e. The Morgan fingerprint density at radius 2 is 2.31 bits per heavy atom. The molecular weight excluding hydrogens is 172 g/mol. The lowest BCUT2D eigenvalue weighted by Crippen LogP contribution is -2.52. The van der Waals surface area contributed by atoms with E-state index in [-0.39, 0.29) is 30.8 Å². The van der Waals surface area contributed by atoms with E-state index in [0.717, 1.165) is 6.29 Å². The van der Waals surface area contributed by atoms with Gasteiger partial charge in [-0.05, 0) is 0 Å². The molecule has 5 nitrogen and oxygen atoms in total. The van der Waals surface area contributed by atoms with Gasteiger partial charge in [0.2, 0.25) is 11.8 Å². The van der Waals surface area contributed by atoms with Crippen LogP contribution in [0.3, 0.4) is 0 Å². The number of nitrogens with zero attached hydrogens (tertiary/aromatic N) is 1. The van der Waals surface area contributed by atoms with Gasteiger partial charge in [-0.1, -0.05) is 6.92 Å². The second-order valence-electron chi connectivity index (χ2n) is 3.16. The highest BCUT2D eigenvalue weighted by Gasteiger charge is 2.23. The van der Waals surface area contributed by atoms with E-state index in [1.807, 2.05) is 0 Å². The quantitative estimate of drug-likeness (QED) is 0.559. The van der Waals surface area contributed by atoms with Crippen LogP contribution in [0.15, 0.2) is 0 Å². The number of nitrogens with one attached hydrogen (secondary N) is 1. The van der Waals surface area contributed by atoms with Crippen molar-refractivity contribution in [2.45, 2.75) is 6.92 Å². The maximum absolute atomic E-state index is 11.2. The summed E-state index contributed by atoms with van der Waals surface area (Å²) < 4.78 is 0. The van der Waals surface area contributed by atoms with Gasteiger partial charge in [0.05, 0.1) is 13.1 Å². The van der Waals surface area contributed by atoms with E-state index >= 15 is 0 Å². The van der Waals surface area contributed by atoms with Crippen LogP contribution in [0.25, 0.3) is 0 Å². The first-order chi connectivity index (χ1) is 6.13. The normalized spacial score (nSPS) is 19.6. The van der Waals surface area contributed by atoms with Crippen molar-refractivity contribution in [3.8, 4) is 0 Å². The van der Waals surface area contributed by atoms with Gasteiger partial charge in [-0.3, -0.25) is 9.59 Å². The summed E-state index contributed by atoms with van der Waals surface area (Å²) in [5, 5.41) is 2.43. The molecule has 0 spiro atoms. The molecule has 1 heterocycles. The first-order valence-corrected chi connectivity index (χ1v) is 4.13. The number of rotatable bonds is 3. The first kappa shape index (κ1) is 9.70. The van der Waals surface area contributed by atoms with Crippen LogP contribution in [-0.4, -0.2) is 42.6 Å². The molecule has 0 aromatic carbocycles. The molecule has 0 aromatic rings. The SMILES string of the molecule is CC(C=O)CN1CC(=O)NCC1=O. The van der Waals surface area contributed by atoms with Crippen LogP contribution in [0, 0.1) is 5.92 Å². The molecule has 13 heavy (non-hydrogen) atoms. The third-order valence-corrected chi connectivity index (χ3v) is 1.86. The number of amides is 2. The zero-order chi connectivity index (χ0) is 9.84. The Bertz CT molecular complexity index is 240. The molecule has 0 saturated carbocycles. The summed E-state index contributed by atoms with van der Waals surface area (Å²) in [6.45, 7) is 2.16. The topological polar surface area (TPSA) is 66.5 Å². The zero-order valence-electron chi connectivity index (χ0n) is 7.45. The third-order valence-electron chi connectivity index (χ3n) is 1.86. The molecule has 1 aliphatic heterocycles. The molecule has 1 N–H and O–H groups in total. The van der Waals surface area contributed by atoms with Gasteiger partial charge in [-0.2, -0.15) is 0 Å². The Kier molecular flexibility index (Phi) is 3.00. The summed E-state index contributed by atoms with van der Waals surface area (Å²) in [5.74, 6) is -0.513. The van der Waals surface area contributed by atoms with E-state index in [0.29, 0.717) is 6.54 Å². The van der Waals surface area contributed by atoms with Crippen LogP contribution in [0.5, 0.6) is 0 Å². The Labute approximate surface area is 76.1 Å². The molecule has 1 unspecified atom stereocenters. The monoisotopic (exact) mass is 184 g/mol. The van der Waals surface area contributed by atoms with E-state index in [2.05, 4.69) is 5.32 Å². The van der Waals surface area contributed by atoms with E-state index < -0.39 is 0 Å². The predicted molar refractivity (Wildman–Crippen MR) is 44.8 cm³/mol. The Balaban J connectivity index is 2.51. The molecule has 0 aliphatic carbocycles. The van der Waals surface area contributed by atoms with Gasteiger partial charge in [0.1, 0.15) is 6.29 Å². The summed E-state index contributed by atoms with van der Waals surface area (Å²) in [4.78, 5) is 33.8. The lowest BCUT2D eigenvalue weighted by Gasteiger charge is -2.27. The molecule has 0 radical (unpaired) electrons. The molecule has 2 amide bonds. The van der Waals surface area contributed by atoms with Crippen LogP contribution in [0.1, 0.15) is 6.92 Å². The van der Waals surface area contributed by atoms with Crippen molar-refractivity contribution in [2.24, 2.45) is 5.92 Å². The van der Waals surface area contributed by atoms with Crippen molar-refractivity contribution in [3.05, 3.63) is 0 Å². The molecule has 1 rings (SSSR count). The summed E-state index contributed by atoms with van der Waals surface area (Å²) in [6, 6.07) is 0. The Morgan fingerprint density at radius 3 is 2.92 bits per heavy atom. The predicted octanol–water partition coefficient (Wildman–Crippen LogP) is -1.22. The smallest absolute Gasteiger partial charge is 0.242 e. The van der Waals surface area contributed by atoms with E-state index in [4.69, 9.17) is 0 Å². The molecule has 1 saturated heterocycles. The van der Waals surface area contributed by atoms with E-state index in [9.17, 15) is 14.4 Å². The van der Waals surface area contributed by atoms with Crippen molar-refractivity contribution in [1.29, 1.82) is 0 Å². The fourth-order valence-corrected chi connectivity index (χ4v) is 1.16. The van der Waals surface area contributed by atoms with Gasteiger partial charge in [0.25, 0.3) is 0 Å². The van der Waals surface area contributed by atoms with Crippen molar-refractivity contribution < 1.29 is 14.4 Å². The number of hydrogen-bond donors (Lipinski definition) is 1. The van der Waals surface area contributed by atoms with Crippen molar-refractivity contribution in [2.75, 3.05) is 19.6 Å². The second kappa shape index (κ2) is 4.02. The molecule has 1 aliphatic rings. The fourth-order valence-electron chi connectivity index (χ4n) is 1.16. The average molecular weight is 184 g/mol. The van der Waals surface area contributed by atoms with Gasteiger partial charge in [0, 0.05) is 12.5 Å². The van der Waals surface area contributed by atoms with Gasteiger partial charge in [-0.25, -0.2) is 0 Å². The third kappa shape index (κ3) is 2.54. The van der Waals surface area contributed by atoms with Crippen molar-refractivity contribution >= 4 is 18.1 Å². The van der Waals surface area contributed by atoms with Crippen LogP contribution in [-0.2, 0) is 14.4 Å². The lowest BCUT2D eigenvalue weighted by molar-refractivity contribution is -0.141. The molecule has 0 bridgehead atoms. The minimum Gasteiger partial charge on any atom is -0.345 e. The van der Waals surface area contributed by atoms with Gasteiger partial charge < -0.3 is 15.0 Å². The van der Waals surface area contributed by atoms with Gasteiger partial charge in [0.15, 0.2) is 0 Å². The molecule has 5 heteroatoms.